The van der Waals surface area contributed by atoms with Crippen molar-refractivity contribution < 1.29 is 19.5 Å². The van der Waals surface area contributed by atoms with Crippen LogP contribution in [0.25, 0.3) is 0 Å². The van der Waals surface area contributed by atoms with Crippen LogP contribution in [0.5, 0.6) is 0 Å². The van der Waals surface area contributed by atoms with Gasteiger partial charge in [0.1, 0.15) is 6.04 Å². The molecule has 1 N–H and O–H groups in total. The largest absolute Gasteiger partial charge is 0.480 e. The summed E-state index contributed by atoms with van der Waals surface area (Å²) in [5, 5.41) is 9.27. The average molecular weight is 372 g/mol. The molecule has 2 aliphatic heterocycles. The molecule has 2 fully saturated rings. The molecule has 3 rings (SSSR count). The fourth-order valence-electron chi connectivity index (χ4n) is 4.28. The van der Waals surface area contributed by atoms with E-state index in [1.165, 1.54) is 4.90 Å². The molecule has 6 heteroatoms. The zero-order valence-electron chi connectivity index (χ0n) is 16.1. The minimum Gasteiger partial charge on any atom is -0.480 e. The van der Waals surface area contributed by atoms with Gasteiger partial charge in [0.2, 0.25) is 11.8 Å². The predicted octanol–water partition coefficient (Wildman–Crippen LogP) is 2.24. The quantitative estimate of drug-likeness (QED) is 0.879. The second kappa shape index (κ2) is 7.71. The van der Waals surface area contributed by atoms with Gasteiger partial charge in [0.25, 0.3) is 0 Å². The van der Waals surface area contributed by atoms with E-state index in [1.54, 1.807) is 6.92 Å². The van der Waals surface area contributed by atoms with E-state index in [1.807, 2.05) is 36.1 Å². The first kappa shape index (κ1) is 19.4. The summed E-state index contributed by atoms with van der Waals surface area (Å²) in [6.07, 6.45) is 3.24. The summed E-state index contributed by atoms with van der Waals surface area (Å²) in [5.74, 6) is -0.905. The molecule has 1 unspecified atom stereocenters. The van der Waals surface area contributed by atoms with Crippen LogP contribution in [-0.4, -0.2) is 58.4 Å². The second-order valence-corrected chi connectivity index (χ2v) is 8.08. The van der Waals surface area contributed by atoms with E-state index in [0.717, 1.165) is 30.4 Å². The standard InChI is InChI=1S/C21H28N2O4/c1-15-4-3-5-17(12-15)13-19(25)22-10-8-21(9-11-22)7-6-18(24)23(14-21)16(2)20(26)27/h3-5,12,16H,6-11,13-14H2,1-2H3,(H,26,27). The van der Waals surface area contributed by atoms with E-state index in [2.05, 4.69) is 0 Å². The number of carboxylic acids is 1. The molecular weight excluding hydrogens is 344 g/mol. The number of amides is 2. The molecule has 1 atom stereocenters. The highest BCUT2D eigenvalue weighted by Crippen LogP contribution is 2.40. The normalized spacial score (nSPS) is 20.6. The van der Waals surface area contributed by atoms with Gasteiger partial charge in [0, 0.05) is 26.1 Å². The van der Waals surface area contributed by atoms with Gasteiger partial charge >= 0.3 is 5.97 Å². The van der Waals surface area contributed by atoms with E-state index >= 15 is 0 Å². The number of carboxylic acid groups (broad SMARTS) is 1. The van der Waals surface area contributed by atoms with Crippen LogP contribution in [0.1, 0.15) is 43.7 Å². The molecular formula is C21H28N2O4. The average Bonchev–Trinajstić information content (AvgIpc) is 2.64. The van der Waals surface area contributed by atoms with Crippen LogP contribution in [-0.2, 0) is 20.8 Å². The number of hydrogen-bond acceptors (Lipinski definition) is 3. The minimum atomic E-state index is -0.967. The number of piperidine rings is 2. The maximum atomic E-state index is 12.6. The van der Waals surface area contributed by atoms with Gasteiger partial charge < -0.3 is 14.9 Å². The van der Waals surface area contributed by atoms with Crippen LogP contribution in [0.15, 0.2) is 24.3 Å². The monoisotopic (exact) mass is 372 g/mol. The summed E-state index contributed by atoms with van der Waals surface area (Å²) in [6, 6.07) is 7.22. The van der Waals surface area contributed by atoms with Gasteiger partial charge in [-0.1, -0.05) is 29.8 Å². The zero-order chi connectivity index (χ0) is 19.6. The van der Waals surface area contributed by atoms with Crippen LogP contribution in [0, 0.1) is 12.3 Å². The van der Waals surface area contributed by atoms with Gasteiger partial charge in [0.15, 0.2) is 0 Å². The number of carbonyl (C=O) groups excluding carboxylic acids is 2. The Labute approximate surface area is 160 Å². The number of carbonyl (C=O) groups is 3. The maximum Gasteiger partial charge on any atom is 0.326 e. The van der Waals surface area contributed by atoms with Crippen LogP contribution in [0.4, 0.5) is 0 Å². The number of nitrogens with zero attached hydrogens (tertiary/aromatic N) is 2. The molecule has 0 saturated carbocycles. The first-order chi connectivity index (χ1) is 12.8. The van der Waals surface area contributed by atoms with Gasteiger partial charge in [-0.2, -0.15) is 0 Å². The lowest BCUT2D eigenvalue weighted by molar-refractivity contribution is -0.155. The van der Waals surface area contributed by atoms with Crippen molar-refractivity contribution in [3.05, 3.63) is 35.4 Å². The predicted molar refractivity (Wildman–Crippen MR) is 101 cm³/mol. The lowest BCUT2D eigenvalue weighted by Crippen LogP contribution is -2.56. The Morgan fingerprint density at radius 3 is 2.56 bits per heavy atom. The van der Waals surface area contributed by atoms with Crippen molar-refractivity contribution in [2.75, 3.05) is 19.6 Å². The van der Waals surface area contributed by atoms with E-state index in [-0.39, 0.29) is 17.2 Å². The molecule has 0 aliphatic carbocycles. The Hall–Kier alpha value is -2.37. The molecule has 27 heavy (non-hydrogen) atoms. The van der Waals surface area contributed by atoms with Crippen molar-refractivity contribution in [2.24, 2.45) is 5.41 Å². The van der Waals surface area contributed by atoms with Gasteiger partial charge in [0.05, 0.1) is 6.42 Å². The summed E-state index contributed by atoms with van der Waals surface area (Å²) in [7, 11) is 0. The van der Waals surface area contributed by atoms with Crippen LogP contribution >= 0.6 is 0 Å². The highest BCUT2D eigenvalue weighted by molar-refractivity contribution is 5.84. The summed E-state index contributed by atoms with van der Waals surface area (Å²) >= 11 is 0. The molecule has 2 aliphatic rings. The Balaban J connectivity index is 1.60. The third kappa shape index (κ3) is 4.31. The number of likely N-dealkylation sites (tertiary alicyclic amines) is 2. The van der Waals surface area contributed by atoms with E-state index in [0.29, 0.717) is 32.5 Å². The molecule has 2 saturated heterocycles. The minimum absolute atomic E-state index is 0.0578. The van der Waals surface area contributed by atoms with Gasteiger partial charge in [-0.05, 0) is 44.1 Å². The first-order valence-electron chi connectivity index (χ1n) is 9.65. The number of hydrogen-bond donors (Lipinski definition) is 1. The molecule has 0 aromatic heterocycles. The number of benzene rings is 1. The molecule has 6 nitrogen and oxygen atoms in total. The van der Waals surface area contributed by atoms with Crippen LogP contribution in [0.3, 0.4) is 0 Å². The SMILES string of the molecule is Cc1cccc(CC(=O)N2CCC3(CCC(=O)N(C(C)C(=O)O)C3)CC2)c1. The maximum absolute atomic E-state index is 12.6. The third-order valence-electron chi connectivity index (χ3n) is 6.13. The Kier molecular flexibility index (Phi) is 5.53. The summed E-state index contributed by atoms with van der Waals surface area (Å²) < 4.78 is 0. The fraction of sp³-hybridized carbons (Fsp3) is 0.571. The third-order valence-corrected chi connectivity index (χ3v) is 6.13. The zero-order valence-corrected chi connectivity index (χ0v) is 16.1. The molecule has 146 valence electrons. The van der Waals surface area contributed by atoms with Crippen molar-refractivity contribution in [3.8, 4) is 0 Å². The van der Waals surface area contributed by atoms with Crippen molar-refractivity contribution in [3.63, 3.8) is 0 Å². The summed E-state index contributed by atoms with van der Waals surface area (Å²) in [6.45, 7) is 5.42. The van der Waals surface area contributed by atoms with E-state index in [9.17, 15) is 19.5 Å². The number of aliphatic carboxylic acids is 1. The van der Waals surface area contributed by atoms with E-state index < -0.39 is 12.0 Å². The molecule has 0 radical (unpaired) electrons. The molecule has 1 spiro atoms. The second-order valence-electron chi connectivity index (χ2n) is 8.08. The van der Waals surface area contributed by atoms with Crippen molar-refractivity contribution >= 4 is 17.8 Å². The summed E-state index contributed by atoms with van der Waals surface area (Å²) in [5.41, 5.74) is 2.12. The lowest BCUT2D eigenvalue weighted by Gasteiger charge is -2.48. The smallest absolute Gasteiger partial charge is 0.326 e. The fourth-order valence-corrected chi connectivity index (χ4v) is 4.28. The highest BCUT2D eigenvalue weighted by Gasteiger charge is 2.43. The lowest BCUT2D eigenvalue weighted by atomic mass is 9.72. The first-order valence-corrected chi connectivity index (χ1v) is 9.65. The van der Waals surface area contributed by atoms with Crippen molar-refractivity contribution in [2.45, 2.75) is 52.0 Å². The molecule has 0 bridgehead atoms. The van der Waals surface area contributed by atoms with Crippen LogP contribution in [0.2, 0.25) is 0 Å². The Bertz CT molecular complexity index is 737. The topological polar surface area (TPSA) is 77.9 Å². The van der Waals surface area contributed by atoms with Gasteiger partial charge in [-0.3, -0.25) is 9.59 Å². The molecule has 2 amide bonds. The molecule has 2 heterocycles. The van der Waals surface area contributed by atoms with E-state index in [4.69, 9.17) is 0 Å². The number of aryl methyl sites for hydroxylation is 1. The van der Waals surface area contributed by atoms with Crippen molar-refractivity contribution in [1.82, 2.24) is 9.80 Å². The van der Waals surface area contributed by atoms with Crippen LogP contribution < -0.4 is 0 Å². The summed E-state index contributed by atoms with van der Waals surface area (Å²) in [4.78, 5) is 39.5. The van der Waals surface area contributed by atoms with Gasteiger partial charge in [-0.15, -0.1) is 0 Å². The molecule has 1 aromatic rings. The van der Waals surface area contributed by atoms with Crippen molar-refractivity contribution in [1.29, 1.82) is 0 Å². The molecule has 1 aromatic carbocycles. The van der Waals surface area contributed by atoms with Gasteiger partial charge in [-0.25, -0.2) is 4.79 Å². The Morgan fingerprint density at radius 1 is 1.22 bits per heavy atom. The number of rotatable bonds is 4. The Morgan fingerprint density at radius 2 is 1.93 bits per heavy atom. The highest BCUT2D eigenvalue weighted by atomic mass is 16.4.